The standard InChI is InChI=1S/C6H12BrNO.C4H11N/c1-3-8(4-2)6(9)5-7;1-3-5-4-2/h3-5H2,1-2H3;5H,3-4H2,1-2H3. The van der Waals surface area contributed by atoms with Crippen LogP contribution in [0.15, 0.2) is 0 Å². The zero-order valence-corrected chi connectivity index (χ0v) is 11.4. The summed E-state index contributed by atoms with van der Waals surface area (Å²) in [6.45, 7) is 12.0. The van der Waals surface area contributed by atoms with Gasteiger partial charge in [0.15, 0.2) is 0 Å². The Morgan fingerprint density at radius 1 is 1.14 bits per heavy atom. The van der Waals surface area contributed by atoms with Gasteiger partial charge in [0, 0.05) is 13.1 Å². The first-order valence-corrected chi connectivity index (χ1v) is 6.34. The zero-order chi connectivity index (χ0) is 11.4. The zero-order valence-electron chi connectivity index (χ0n) is 9.77. The van der Waals surface area contributed by atoms with Crippen molar-refractivity contribution in [2.24, 2.45) is 0 Å². The molecule has 0 radical (unpaired) electrons. The van der Waals surface area contributed by atoms with E-state index in [9.17, 15) is 4.79 Å². The van der Waals surface area contributed by atoms with Crippen LogP contribution in [0.1, 0.15) is 27.7 Å². The SMILES string of the molecule is CCN(CC)C(=O)CBr.CCNCC. The molecule has 0 aromatic heterocycles. The van der Waals surface area contributed by atoms with Crippen molar-refractivity contribution >= 4 is 21.8 Å². The Hall–Kier alpha value is -0.0900. The van der Waals surface area contributed by atoms with Crippen molar-refractivity contribution in [2.75, 3.05) is 31.5 Å². The van der Waals surface area contributed by atoms with Crippen molar-refractivity contribution in [1.82, 2.24) is 10.2 Å². The number of nitrogens with zero attached hydrogens (tertiary/aromatic N) is 1. The van der Waals surface area contributed by atoms with Gasteiger partial charge in [-0.3, -0.25) is 4.79 Å². The number of carbonyl (C=O) groups is 1. The Bertz CT molecular complexity index is 125. The van der Waals surface area contributed by atoms with Crippen LogP contribution in [0.4, 0.5) is 0 Å². The summed E-state index contributed by atoms with van der Waals surface area (Å²) in [6.07, 6.45) is 0. The van der Waals surface area contributed by atoms with Crippen LogP contribution < -0.4 is 5.32 Å². The summed E-state index contributed by atoms with van der Waals surface area (Å²) in [6, 6.07) is 0. The maximum Gasteiger partial charge on any atom is 0.233 e. The lowest BCUT2D eigenvalue weighted by Crippen LogP contribution is -2.31. The predicted octanol–water partition coefficient (Wildman–Crippen LogP) is 1.87. The molecule has 0 fully saturated rings. The van der Waals surface area contributed by atoms with E-state index in [4.69, 9.17) is 0 Å². The Morgan fingerprint density at radius 2 is 1.57 bits per heavy atom. The number of hydrogen-bond donors (Lipinski definition) is 1. The maximum atomic E-state index is 10.9. The summed E-state index contributed by atoms with van der Waals surface area (Å²) in [5.41, 5.74) is 0. The summed E-state index contributed by atoms with van der Waals surface area (Å²) in [4.78, 5) is 12.6. The fraction of sp³-hybridized carbons (Fsp3) is 0.900. The molecule has 14 heavy (non-hydrogen) atoms. The van der Waals surface area contributed by atoms with Crippen LogP contribution in [0.2, 0.25) is 0 Å². The van der Waals surface area contributed by atoms with E-state index in [1.54, 1.807) is 4.90 Å². The molecule has 4 heteroatoms. The molecule has 0 aromatic rings. The monoisotopic (exact) mass is 266 g/mol. The molecular formula is C10H23BrN2O. The quantitative estimate of drug-likeness (QED) is 0.771. The normalized spacial score (nSPS) is 8.93. The minimum atomic E-state index is 0.167. The molecule has 86 valence electrons. The molecule has 3 nitrogen and oxygen atoms in total. The van der Waals surface area contributed by atoms with Crippen LogP contribution in [0.3, 0.4) is 0 Å². The van der Waals surface area contributed by atoms with Crippen LogP contribution in [-0.2, 0) is 4.79 Å². The fourth-order valence-corrected chi connectivity index (χ4v) is 1.27. The number of hydrogen-bond acceptors (Lipinski definition) is 2. The summed E-state index contributed by atoms with van der Waals surface area (Å²) >= 11 is 3.11. The molecule has 1 amide bonds. The Labute approximate surface area is 96.4 Å². The molecule has 0 aliphatic rings. The van der Waals surface area contributed by atoms with Crippen molar-refractivity contribution in [1.29, 1.82) is 0 Å². The van der Waals surface area contributed by atoms with Gasteiger partial charge < -0.3 is 10.2 Å². The van der Waals surface area contributed by atoms with Crippen LogP contribution in [0, 0.1) is 0 Å². The molecule has 0 saturated carbocycles. The van der Waals surface area contributed by atoms with Gasteiger partial charge in [-0.2, -0.15) is 0 Å². The van der Waals surface area contributed by atoms with E-state index in [0.717, 1.165) is 26.2 Å². The first-order chi connectivity index (χ1) is 6.67. The molecule has 0 atom stereocenters. The Morgan fingerprint density at radius 3 is 1.64 bits per heavy atom. The molecule has 0 aliphatic carbocycles. The number of amides is 1. The van der Waals surface area contributed by atoms with E-state index < -0.39 is 0 Å². The summed E-state index contributed by atoms with van der Waals surface area (Å²) in [5.74, 6) is 0.167. The molecule has 0 spiro atoms. The maximum absolute atomic E-state index is 10.9. The Balaban J connectivity index is 0. The van der Waals surface area contributed by atoms with Gasteiger partial charge in [-0.05, 0) is 26.9 Å². The molecule has 0 heterocycles. The van der Waals surface area contributed by atoms with Crippen LogP contribution in [-0.4, -0.2) is 42.3 Å². The van der Waals surface area contributed by atoms with Crippen molar-refractivity contribution in [2.45, 2.75) is 27.7 Å². The first-order valence-electron chi connectivity index (χ1n) is 5.22. The molecule has 0 rings (SSSR count). The highest BCUT2D eigenvalue weighted by Crippen LogP contribution is 1.91. The average Bonchev–Trinajstić information content (AvgIpc) is 2.21. The highest BCUT2D eigenvalue weighted by Gasteiger charge is 2.04. The third kappa shape index (κ3) is 9.99. The van der Waals surface area contributed by atoms with Crippen molar-refractivity contribution in [3.63, 3.8) is 0 Å². The topological polar surface area (TPSA) is 32.3 Å². The van der Waals surface area contributed by atoms with E-state index in [-0.39, 0.29) is 5.91 Å². The van der Waals surface area contributed by atoms with Gasteiger partial charge in [0.25, 0.3) is 0 Å². The van der Waals surface area contributed by atoms with Crippen molar-refractivity contribution in [3.05, 3.63) is 0 Å². The van der Waals surface area contributed by atoms with Crippen LogP contribution in [0.5, 0.6) is 0 Å². The van der Waals surface area contributed by atoms with Crippen molar-refractivity contribution in [3.8, 4) is 0 Å². The molecule has 0 aliphatic heterocycles. The highest BCUT2D eigenvalue weighted by atomic mass is 79.9. The van der Waals surface area contributed by atoms with Gasteiger partial charge in [0.05, 0.1) is 5.33 Å². The van der Waals surface area contributed by atoms with E-state index in [1.807, 2.05) is 13.8 Å². The molecular weight excluding hydrogens is 244 g/mol. The van der Waals surface area contributed by atoms with Gasteiger partial charge in [0.1, 0.15) is 0 Å². The largest absolute Gasteiger partial charge is 0.343 e. The lowest BCUT2D eigenvalue weighted by molar-refractivity contribution is -0.127. The summed E-state index contributed by atoms with van der Waals surface area (Å²) in [5, 5.41) is 3.55. The van der Waals surface area contributed by atoms with E-state index in [2.05, 4.69) is 35.1 Å². The number of nitrogens with one attached hydrogen (secondary N) is 1. The smallest absolute Gasteiger partial charge is 0.233 e. The van der Waals surface area contributed by atoms with Gasteiger partial charge in [-0.15, -0.1) is 0 Å². The van der Waals surface area contributed by atoms with Gasteiger partial charge in [-0.25, -0.2) is 0 Å². The molecule has 1 N–H and O–H groups in total. The first kappa shape index (κ1) is 16.3. The van der Waals surface area contributed by atoms with Crippen LogP contribution >= 0.6 is 15.9 Å². The van der Waals surface area contributed by atoms with Gasteiger partial charge in [0.2, 0.25) is 5.91 Å². The van der Waals surface area contributed by atoms with E-state index in [1.165, 1.54) is 0 Å². The van der Waals surface area contributed by atoms with Crippen LogP contribution in [0.25, 0.3) is 0 Å². The number of carbonyl (C=O) groups excluding carboxylic acids is 1. The third-order valence-electron chi connectivity index (χ3n) is 1.73. The number of alkyl halides is 1. The van der Waals surface area contributed by atoms with E-state index in [0.29, 0.717) is 5.33 Å². The minimum absolute atomic E-state index is 0.167. The van der Waals surface area contributed by atoms with Gasteiger partial charge >= 0.3 is 0 Å². The number of halogens is 1. The summed E-state index contributed by atoms with van der Waals surface area (Å²) in [7, 11) is 0. The predicted molar refractivity (Wildman–Crippen MR) is 65.9 cm³/mol. The molecule has 0 unspecified atom stereocenters. The second kappa shape index (κ2) is 12.9. The lowest BCUT2D eigenvalue weighted by Gasteiger charge is -2.16. The lowest BCUT2D eigenvalue weighted by atomic mass is 10.5. The number of rotatable bonds is 5. The molecule has 0 bridgehead atoms. The van der Waals surface area contributed by atoms with Crippen molar-refractivity contribution < 1.29 is 4.79 Å². The Kier molecular flexibility index (Phi) is 15.1. The summed E-state index contributed by atoms with van der Waals surface area (Å²) < 4.78 is 0. The third-order valence-corrected chi connectivity index (χ3v) is 2.21. The average molecular weight is 267 g/mol. The second-order valence-corrected chi connectivity index (χ2v) is 3.22. The molecule has 0 aromatic carbocycles. The van der Waals surface area contributed by atoms with Gasteiger partial charge in [-0.1, -0.05) is 29.8 Å². The fourth-order valence-electron chi connectivity index (χ4n) is 0.911. The minimum Gasteiger partial charge on any atom is -0.343 e. The molecule has 0 saturated heterocycles. The second-order valence-electron chi connectivity index (χ2n) is 2.66. The highest BCUT2D eigenvalue weighted by molar-refractivity contribution is 9.09. The van der Waals surface area contributed by atoms with E-state index >= 15 is 0 Å².